The van der Waals surface area contributed by atoms with Crippen molar-refractivity contribution in [3.8, 4) is 11.4 Å². The summed E-state index contributed by atoms with van der Waals surface area (Å²) in [5.74, 6) is 0.660. The Morgan fingerprint density at radius 2 is 1.76 bits per heavy atom. The van der Waals surface area contributed by atoms with Crippen molar-refractivity contribution in [3.05, 3.63) is 95.2 Å². The standard InChI is InChI=1S/C29H32N2O3/c1-20-9-11-24(12-10-20)31-21(2)29(22(3)32)27-17-26(13-14-28(27)31)34-19-25(33)18-30-16-15-23-7-5-4-6-8-23/h4-14,17,25,30,33H,15-16,18-19H2,1-3H3. The molecule has 0 amide bonds. The van der Waals surface area contributed by atoms with Crippen LogP contribution in [0, 0.1) is 13.8 Å². The maximum Gasteiger partial charge on any atom is 0.162 e. The number of hydrogen-bond donors (Lipinski definition) is 2. The lowest BCUT2D eigenvalue weighted by atomic mass is 10.1. The molecule has 0 saturated carbocycles. The first-order chi connectivity index (χ1) is 16.4. The van der Waals surface area contributed by atoms with Crippen LogP contribution in [0.5, 0.6) is 5.75 Å². The van der Waals surface area contributed by atoms with E-state index in [2.05, 4.69) is 53.2 Å². The van der Waals surface area contributed by atoms with E-state index in [9.17, 15) is 9.90 Å². The average molecular weight is 457 g/mol. The fraction of sp³-hybridized carbons (Fsp3) is 0.276. The fourth-order valence-corrected chi connectivity index (χ4v) is 4.36. The molecule has 1 unspecified atom stereocenters. The third-order valence-corrected chi connectivity index (χ3v) is 6.08. The Kier molecular flexibility index (Phi) is 7.46. The minimum Gasteiger partial charge on any atom is -0.491 e. The number of hydrogen-bond acceptors (Lipinski definition) is 4. The molecule has 176 valence electrons. The highest BCUT2D eigenvalue weighted by Crippen LogP contribution is 2.32. The van der Waals surface area contributed by atoms with Crippen LogP contribution < -0.4 is 10.1 Å². The molecule has 0 aliphatic heterocycles. The zero-order valence-corrected chi connectivity index (χ0v) is 20.0. The molecule has 2 N–H and O–H groups in total. The highest BCUT2D eigenvalue weighted by Gasteiger charge is 2.19. The first-order valence-electron chi connectivity index (χ1n) is 11.7. The minimum absolute atomic E-state index is 0.0214. The van der Waals surface area contributed by atoms with E-state index in [1.54, 1.807) is 6.92 Å². The highest BCUT2D eigenvalue weighted by molar-refractivity contribution is 6.09. The number of Topliss-reactive ketones (excluding diaryl/α,β-unsaturated/α-hetero) is 1. The van der Waals surface area contributed by atoms with Gasteiger partial charge in [0.1, 0.15) is 18.5 Å². The second-order valence-electron chi connectivity index (χ2n) is 8.77. The fourth-order valence-electron chi connectivity index (χ4n) is 4.36. The minimum atomic E-state index is -0.627. The normalized spacial score (nSPS) is 12.1. The third-order valence-electron chi connectivity index (χ3n) is 6.08. The van der Waals surface area contributed by atoms with Crippen molar-refractivity contribution >= 4 is 16.7 Å². The van der Waals surface area contributed by atoms with E-state index in [0.29, 0.717) is 17.9 Å². The van der Waals surface area contributed by atoms with Gasteiger partial charge < -0.3 is 19.7 Å². The molecule has 0 aliphatic carbocycles. The molecule has 0 bridgehead atoms. The van der Waals surface area contributed by atoms with Crippen LogP contribution >= 0.6 is 0 Å². The zero-order valence-electron chi connectivity index (χ0n) is 20.0. The molecule has 5 nitrogen and oxygen atoms in total. The Bertz CT molecular complexity index is 1260. The van der Waals surface area contributed by atoms with Gasteiger partial charge in [0.05, 0.1) is 5.52 Å². The maximum atomic E-state index is 12.5. The van der Waals surface area contributed by atoms with E-state index in [4.69, 9.17) is 4.74 Å². The van der Waals surface area contributed by atoms with Gasteiger partial charge in [0.15, 0.2) is 5.78 Å². The number of nitrogens with zero attached hydrogens (tertiary/aromatic N) is 1. The molecule has 34 heavy (non-hydrogen) atoms. The smallest absolute Gasteiger partial charge is 0.162 e. The summed E-state index contributed by atoms with van der Waals surface area (Å²) in [6.07, 6.45) is 0.286. The van der Waals surface area contributed by atoms with Crippen LogP contribution in [-0.4, -0.2) is 41.3 Å². The topological polar surface area (TPSA) is 63.5 Å². The van der Waals surface area contributed by atoms with Crippen LogP contribution in [0.3, 0.4) is 0 Å². The number of benzene rings is 3. The predicted molar refractivity (Wildman–Crippen MR) is 137 cm³/mol. The van der Waals surface area contributed by atoms with Crippen LogP contribution in [0.15, 0.2) is 72.8 Å². The van der Waals surface area contributed by atoms with Gasteiger partial charge in [-0.2, -0.15) is 0 Å². The molecular formula is C29H32N2O3. The van der Waals surface area contributed by atoms with Crippen LogP contribution in [0.4, 0.5) is 0 Å². The van der Waals surface area contributed by atoms with Crippen molar-refractivity contribution in [1.29, 1.82) is 0 Å². The van der Waals surface area contributed by atoms with Gasteiger partial charge in [-0.15, -0.1) is 0 Å². The second kappa shape index (κ2) is 10.7. The molecule has 0 fully saturated rings. The first kappa shape index (κ1) is 23.7. The lowest BCUT2D eigenvalue weighted by Crippen LogP contribution is -2.32. The first-order valence-corrected chi connectivity index (χ1v) is 11.7. The lowest BCUT2D eigenvalue weighted by molar-refractivity contribution is 0.101. The Morgan fingerprint density at radius 3 is 2.47 bits per heavy atom. The van der Waals surface area contributed by atoms with Gasteiger partial charge in [-0.3, -0.25) is 4.79 Å². The molecule has 3 aromatic carbocycles. The van der Waals surface area contributed by atoms with Crippen molar-refractivity contribution < 1.29 is 14.6 Å². The maximum absolute atomic E-state index is 12.5. The molecule has 1 heterocycles. The predicted octanol–water partition coefficient (Wildman–Crippen LogP) is 5.02. The number of carbonyl (C=O) groups excluding carboxylic acids is 1. The van der Waals surface area contributed by atoms with Crippen molar-refractivity contribution in [2.45, 2.75) is 33.3 Å². The quantitative estimate of drug-likeness (QED) is 0.260. The number of ether oxygens (including phenoxy) is 1. The van der Waals surface area contributed by atoms with Gasteiger partial charge in [0.25, 0.3) is 0 Å². The molecule has 1 aromatic heterocycles. The molecule has 0 aliphatic rings. The monoisotopic (exact) mass is 456 g/mol. The van der Waals surface area contributed by atoms with E-state index in [0.717, 1.165) is 35.2 Å². The Hall–Kier alpha value is -3.41. The van der Waals surface area contributed by atoms with E-state index >= 15 is 0 Å². The van der Waals surface area contributed by atoms with Gasteiger partial charge in [0.2, 0.25) is 0 Å². The molecular weight excluding hydrogens is 424 g/mol. The highest BCUT2D eigenvalue weighted by atomic mass is 16.5. The Balaban J connectivity index is 1.44. The largest absolute Gasteiger partial charge is 0.491 e. The molecule has 4 rings (SSSR count). The van der Waals surface area contributed by atoms with E-state index in [1.807, 2.05) is 43.3 Å². The number of carbonyl (C=O) groups is 1. The summed E-state index contributed by atoms with van der Waals surface area (Å²) in [6.45, 7) is 7.05. The summed E-state index contributed by atoms with van der Waals surface area (Å²) in [4.78, 5) is 12.5. The van der Waals surface area contributed by atoms with Crippen LogP contribution in [-0.2, 0) is 6.42 Å². The number of aromatic nitrogens is 1. The number of aliphatic hydroxyl groups excluding tert-OH is 1. The number of fused-ring (bicyclic) bond motifs is 1. The van der Waals surface area contributed by atoms with Crippen molar-refractivity contribution in [1.82, 2.24) is 9.88 Å². The van der Waals surface area contributed by atoms with Crippen LogP contribution in [0.1, 0.15) is 34.1 Å². The van der Waals surface area contributed by atoms with Crippen molar-refractivity contribution in [2.24, 2.45) is 0 Å². The molecule has 5 heteroatoms. The summed E-state index contributed by atoms with van der Waals surface area (Å²) in [6, 6.07) is 24.3. The summed E-state index contributed by atoms with van der Waals surface area (Å²) < 4.78 is 8.00. The summed E-state index contributed by atoms with van der Waals surface area (Å²) in [5.41, 5.74) is 6.04. The van der Waals surface area contributed by atoms with Gasteiger partial charge in [-0.25, -0.2) is 0 Å². The van der Waals surface area contributed by atoms with E-state index in [-0.39, 0.29) is 12.4 Å². The molecule has 1 atom stereocenters. The summed E-state index contributed by atoms with van der Waals surface area (Å²) >= 11 is 0. The van der Waals surface area contributed by atoms with Gasteiger partial charge >= 0.3 is 0 Å². The second-order valence-corrected chi connectivity index (χ2v) is 8.77. The van der Waals surface area contributed by atoms with Crippen LogP contribution in [0.25, 0.3) is 16.6 Å². The van der Waals surface area contributed by atoms with Crippen molar-refractivity contribution in [3.63, 3.8) is 0 Å². The van der Waals surface area contributed by atoms with Gasteiger partial charge in [0, 0.05) is 28.9 Å². The number of rotatable bonds is 10. The molecule has 4 aromatic rings. The third kappa shape index (κ3) is 5.38. The van der Waals surface area contributed by atoms with Crippen LogP contribution in [0.2, 0.25) is 0 Å². The average Bonchev–Trinajstić information content (AvgIpc) is 3.13. The molecule has 0 spiro atoms. The number of aliphatic hydroxyl groups is 1. The Labute approximate surface area is 201 Å². The number of nitrogens with one attached hydrogen (secondary N) is 1. The number of ketones is 1. The van der Waals surface area contributed by atoms with Crippen molar-refractivity contribution in [2.75, 3.05) is 19.7 Å². The number of aryl methyl sites for hydroxylation is 1. The Morgan fingerprint density at radius 1 is 1.03 bits per heavy atom. The molecule has 0 saturated heterocycles. The zero-order chi connectivity index (χ0) is 24.1. The van der Waals surface area contributed by atoms with E-state index < -0.39 is 6.10 Å². The summed E-state index contributed by atoms with van der Waals surface area (Å²) in [7, 11) is 0. The molecule has 0 radical (unpaired) electrons. The van der Waals surface area contributed by atoms with E-state index in [1.165, 1.54) is 11.1 Å². The SMILES string of the molecule is CC(=O)c1c(C)n(-c2ccc(C)cc2)c2ccc(OCC(O)CNCCc3ccccc3)cc12. The van der Waals surface area contributed by atoms with Gasteiger partial charge in [-0.1, -0.05) is 48.0 Å². The lowest BCUT2D eigenvalue weighted by Gasteiger charge is -2.14. The summed E-state index contributed by atoms with van der Waals surface area (Å²) in [5, 5.41) is 14.5. The van der Waals surface area contributed by atoms with Gasteiger partial charge in [-0.05, 0) is 69.6 Å².